The average molecular weight is 520 g/mol. The van der Waals surface area contributed by atoms with Gasteiger partial charge in [-0.25, -0.2) is 9.88 Å². The fourth-order valence-electron chi connectivity index (χ4n) is 5.00. The van der Waals surface area contributed by atoms with Crippen molar-refractivity contribution in [3.8, 4) is 10.6 Å². The van der Waals surface area contributed by atoms with Crippen LogP contribution in [0.15, 0.2) is 42.5 Å². The molecule has 0 bridgehead atoms. The number of nitrogens with zero attached hydrogens (tertiary/aromatic N) is 3. The van der Waals surface area contributed by atoms with Gasteiger partial charge in [0.25, 0.3) is 5.91 Å². The second-order valence-electron chi connectivity index (χ2n) is 11.2. The predicted octanol–water partition coefficient (Wildman–Crippen LogP) is 5.35. The van der Waals surface area contributed by atoms with Crippen molar-refractivity contribution in [2.24, 2.45) is 5.41 Å². The normalized spacial score (nSPS) is 20.3. The highest BCUT2D eigenvalue weighted by molar-refractivity contribution is 7.21. The summed E-state index contributed by atoms with van der Waals surface area (Å²) in [6, 6.07) is 12.7. The standard InChI is InChI=1S/C29H33N3O4S/c1-18-7-12-22-24(14-18)37-27(30-22)19-8-10-20(11-9-19)32-25(33)15-23(28(32)35)31(17-21-6-5-13-36-21)26(34)16-29(2,3)4/h7-12,14,21,23H,5-6,13,15-17H2,1-4H3. The molecule has 194 valence electrons. The van der Waals surface area contributed by atoms with Gasteiger partial charge in [0.05, 0.1) is 28.4 Å². The van der Waals surface area contributed by atoms with Crippen LogP contribution in [0.5, 0.6) is 0 Å². The molecule has 0 saturated carbocycles. The molecule has 2 fully saturated rings. The Morgan fingerprint density at radius 3 is 2.59 bits per heavy atom. The summed E-state index contributed by atoms with van der Waals surface area (Å²) in [5, 5.41) is 0.889. The van der Waals surface area contributed by atoms with E-state index >= 15 is 0 Å². The second kappa shape index (κ2) is 9.99. The molecule has 0 radical (unpaired) electrons. The van der Waals surface area contributed by atoms with E-state index in [1.807, 2.05) is 45.0 Å². The van der Waals surface area contributed by atoms with E-state index in [4.69, 9.17) is 9.72 Å². The van der Waals surface area contributed by atoms with Crippen LogP contribution in [-0.2, 0) is 19.1 Å². The summed E-state index contributed by atoms with van der Waals surface area (Å²) in [5.41, 5.74) is 3.35. The van der Waals surface area contributed by atoms with Crippen LogP contribution in [0.1, 0.15) is 52.0 Å². The predicted molar refractivity (Wildman–Crippen MR) is 145 cm³/mol. The van der Waals surface area contributed by atoms with Gasteiger partial charge < -0.3 is 9.64 Å². The Balaban J connectivity index is 1.37. The first kappa shape index (κ1) is 25.5. The number of amides is 3. The fourth-order valence-corrected chi connectivity index (χ4v) is 6.07. The van der Waals surface area contributed by atoms with Crippen LogP contribution in [-0.4, -0.2) is 52.9 Å². The molecule has 7 nitrogen and oxygen atoms in total. The van der Waals surface area contributed by atoms with E-state index < -0.39 is 6.04 Å². The zero-order chi connectivity index (χ0) is 26.3. The maximum atomic E-state index is 13.6. The van der Waals surface area contributed by atoms with Crippen LogP contribution < -0.4 is 4.90 Å². The molecule has 8 heteroatoms. The van der Waals surface area contributed by atoms with E-state index in [0.717, 1.165) is 33.6 Å². The third-order valence-electron chi connectivity index (χ3n) is 6.84. The highest BCUT2D eigenvalue weighted by Gasteiger charge is 2.45. The molecular weight excluding hydrogens is 486 g/mol. The summed E-state index contributed by atoms with van der Waals surface area (Å²) in [6.45, 7) is 9.05. The van der Waals surface area contributed by atoms with Crippen molar-refractivity contribution in [1.29, 1.82) is 0 Å². The SMILES string of the molecule is Cc1ccc2nc(-c3ccc(N4C(=O)CC(N(CC5CCCO5)C(=O)CC(C)(C)C)C4=O)cc3)sc2c1. The molecule has 2 atom stereocenters. The van der Waals surface area contributed by atoms with Crippen molar-refractivity contribution in [3.63, 3.8) is 0 Å². The monoisotopic (exact) mass is 519 g/mol. The number of rotatable bonds is 6. The van der Waals surface area contributed by atoms with E-state index in [2.05, 4.69) is 13.0 Å². The van der Waals surface area contributed by atoms with Gasteiger partial charge in [0.2, 0.25) is 11.8 Å². The van der Waals surface area contributed by atoms with E-state index in [1.54, 1.807) is 28.4 Å². The number of ether oxygens (including phenoxy) is 1. The molecule has 0 spiro atoms. The molecule has 0 aliphatic carbocycles. The van der Waals surface area contributed by atoms with Crippen molar-refractivity contribution < 1.29 is 19.1 Å². The highest BCUT2D eigenvalue weighted by Crippen LogP contribution is 2.34. The number of hydrogen-bond acceptors (Lipinski definition) is 6. The number of imide groups is 1. The number of aryl methyl sites for hydroxylation is 1. The number of anilines is 1. The summed E-state index contributed by atoms with van der Waals surface area (Å²) < 4.78 is 6.89. The van der Waals surface area contributed by atoms with Gasteiger partial charge in [-0.15, -0.1) is 11.3 Å². The Labute approximate surface area is 221 Å². The largest absolute Gasteiger partial charge is 0.376 e. The lowest BCUT2D eigenvalue weighted by atomic mass is 9.91. The van der Waals surface area contributed by atoms with E-state index in [-0.39, 0.29) is 35.7 Å². The van der Waals surface area contributed by atoms with Crippen LogP contribution in [0.3, 0.4) is 0 Å². The maximum absolute atomic E-state index is 13.6. The molecule has 37 heavy (non-hydrogen) atoms. The summed E-state index contributed by atoms with van der Waals surface area (Å²) >= 11 is 1.62. The number of thiazole rings is 1. The molecule has 0 N–H and O–H groups in total. The minimum absolute atomic E-state index is 0.0135. The van der Waals surface area contributed by atoms with Crippen molar-refractivity contribution >= 4 is 45.0 Å². The van der Waals surface area contributed by atoms with Gasteiger partial charge in [0, 0.05) is 25.1 Å². The number of carbonyl (C=O) groups excluding carboxylic acids is 3. The Morgan fingerprint density at radius 2 is 1.92 bits per heavy atom. The van der Waals surface area contributed by atoms with Gasteiger partial charge in [0.15, 0.2) is 0 Å². The third kappa shape index (κ3) is 5.45. The minimum atomic E-state index is -0.807. The van der Waals surface area contributed by atoms with Crippen LogP contribution in [0, 0.1) is 12.3 Å². The first-order valence-electron chi connectivity index (χ1n) is 12.8. The van der Waals surface area contributed by atoms with Gasteiger partial charge in [-0.3, -0.25) is 14.4 Å². The van der Waals surface area contributed by atoms with E-state index in [1.165, 1.54) is 10.5 Å². The zero-order valence-electron chi connectivity index (χ0n) is 21.8. The maximum Gasteiger partial charge on any atom is 0.257 e. The minimum Gasteiger partial charge on any atom is -0.376 e. The lowest BCUT2D eigenvalue weighted by Gasteiger charge is -2.32. The molecule has 2 unspecified atom stereocenters. The number of hydrogen-bond donors (Lipinski definition) is 0. The first-order chi connectivity index (χ1) is 17.6. The number of benzene rings is 2. The molecule has 3 heterocycles. The van der Waals surface area contributed by atoms with Crippen LogP contribution in [0.4, 0.5) is 5.69 Å². The highest BCUT2D eigenvalue weighted by atomic mass is 32.1. The molecule has 3 amide bonds. The Bertz CT molecular complexity index is 1340. The number of carbonyl (C=O) groups is 3. The fraction of sp³-hybridized carbons (Fsp3) is 0.448. The molecule has 2 aromatic carbocycles. The Morgan fingerprint density at radius 1 is 1.16 bits per heavy atom. The summed E-state index contributed by atoms with van der Waals surface area (Å²) in [4.78, 5) is 47.5. The number of aromatic nitrogens is 1. The molecule has 2 aliphatic rings. The topological polar surface area (TPSA) is 79.8 Å². The molecule has 1 aromatic heterocycles. The average Bonchev–Trinajstić information content (AvgIpc) is 3.55. The molecule has 3 aromatic rings. The van der Waals surface area contributed by atoms with Crippen molar-refractivity contribution in [1.82, 2.24) is 9.88 Å². The lowest BCUT2D eigenvalue weighted by Crippen LogP contribution is -2.49. The summed E-state index contributed by atoms with van der Waals surface area (Å²) in [6.07, 6.45) is 1.98. The molecular formula is C29H33N3O4S. The van der Waals surface area contributed by atoms with Gasteiger partial charge >= 0.3 is 0 Å². The van der Waals surface area contributed by atoms with Gasteiger partial charge in [-0.1, -0.05) is 26.8 Å². The summed E-state index contributed by atoms with van der Waals surface area (Å²) in [7, 11) is 0. The smallest absolute Gasteiger partial charge is 0.257 e. The van der Waals surface area contributed by atoms with Crippen LogP contribution >= 0.6 is 11.3 Å². The van der Waals surface area contributed by atoms with Crippen molar-refractivity contribution in [2.75, 3.05) is 18.1 Å². The van der Waals surface area contributed by atoms with E-state index in [9.17, 15) is 14.4 Å². The van der Waals surface area contributed by atoms with Gasteiger partial charge in [-0.05, 0) is 67.1 Å². The lowest BCUT2D eigenvalue weighted by molar-refractivity contribution is -0.141. The van der Waals surface area contributed by atoms with Crippen molar-refractivity contribution in [3.05, 3.63) is 48.0 Å². The molecule has 5 rings (SSSR count). The zero-order valence-corrected chi connectivity index (χ0v) is 22.6. The summed E-state index contributed by atoms with van der Waals surface area (Å²) in [5.74, 6) is -0.759. The second-order valence-corrected chi connectivity index (χ2v) is 12.3. The number of fused-ring (bicyclic) bond motifs is 1. The molecule has 2 saturated heterocycles. The van der Waals surface area contributed by atoms with Gasteiger partial charge in [0.1, 0.15) is 11.0 Å². The van der Waals surface area contributed by atoms with Crippen molar-refractivity contribution in [2.45, 2.75) is 65.5 Å². The van der Waals surface area contributed by atoms with E-state index in [0.29, 0.717) is 25.3 Å². The third-order valence-corrected chi connectivity index (χ3v) is 7.91. The Hall–Kier alpha value is -3.10. The quantitative estimate of drug-likeness (QED) is 0.410. The van der Waals surface area contributed by atoms with Crippen LogP contribution in [0.25, 0.3) is 20.8 Å². The van der Waals surface area contributed by atoms with Gasteiger partial charge in [-0.2, -0.15) is 0 Å². The molecule has 2 aliphatic heterocycles. The Kier molecular flexibility index (Phi) is 6.89. The van der Waals surface area contributed by atoms with Crippen LogP contribution in [0.2, 0.25) is 0 Å². The first-order valence-corrected chi connectivity index (χ1v) is 13.7.